The van der Waals surface area contributed by atoms with Crippen molar-refractivity contribution in [2.75, 3.05) is 0 Å². The Labute approximate surface area is 185 Å². The fourth-order valence-electron chi connectivity index (χ4n) is 3.47. The number of nitrogens with zero attached hydrogens (tertiary/aromatic N) is 5. The Morgan fingerprint density at radius 2 is 1.81 bits per heavy atom. The van der Waals surface area contributed by atoms with Gasteiger partial charge in [-0.1, -0.05) is 43.7 Å². The lowest BCUT2D eigenvalue weighted by molar-refractivity contribution is 0.292. The third kappa shape index (κ3) is 5.03. The molecule has 0 amide bonds. The van der Waals surface area contributed by atoms with Gasteiger partial charge in [0.25, 0.3) is 5.56 Å². The summed E-state index contributed by atoms with van der Waals surface area (Å²) in [6.07, 6.45) is 2.72. The Bertz CT molecular complexity index is 1220. The van der Waals surface area contributed by atoms with E-state index in [1.54, 1.807) is 15.3 Å². The van der Waals surface area contributed by atoms with Crippen LogP contribution in [0.4, 0.5) is 0 Å². The highest BCUT2D eigenvalue weighted by atomic mass is 16.5. The molecular weight excluding hydrogens is 406 g/mol. The number of hydrogen-bond donors (Lipinski definition) is 1. The molecule has 0 aliphatic heterocycles. The molecule has 8 nitrogen and oxygen atoms in total. The summed E-state index contributed by atoms with van der Waals surface area (Å²) in [6, 6.07) is 20.1. The number of hydrogen-bond acceptors (Lipinski definition) is 6. The van der Waals surface area contributed by atoms with Crippen LogP contribution in [0.2, 0.25) is 0 Å². The van der Waals surface area contributed by atoms with Crippen molar-refractivity contribution in [1.82, 2.24) is 24.8 Å². The molecule has 0 spiro atoms. The SMILES string of the molecule is CCCCc1cc(O)cc(=O)n1Cc1ccc(OCc2nnnn2-c2ccccc2)cc1. The molecule has 0 atom stereocenters. The van der Waals surface area contributed by atoms with Crippen LogP contribution in [0.15, 0.2) is 71.5 Å². The standard InChI is InChI=1S/C24H25N5O3/c1-2-3-7-20-14-21(30)15-24(31)28(20)16-18-10-12-22(13-11-18)32-17-23-25-26-27-29(23)19-8-5-4-6-9-19/h4-6,8-15,30H,2-3,7,16-17H2,1H3. The molecule has 2 aromatic carbocycles. The molecule has 0 unspecified atom stereocenters. The Morgan fingerprint density at radius 1 is 1.03 bits per heavy atom. The van der Waals surface area contributed by atoms with E-state index in [-0.39, 0.29) is 17.9 Å². The highest BCUT2D eigenvalue weighted by Crippen LogP contribution is 2.17. The summed E-state index contributed by atoms with van der Waals surface area (Å²) in [5.41, 5.74) is 2.47. The molecule has 0 aliphatic rings. The molecule has 0 aliphatic carbocycles. The van der Waals surface area contributed by atoms with Gasteiger partial charge in [-0.3, -0.25) is 4.79 Å². The minimum absolute atomic E-state index is 0.0129. The molecule has 4 rings (SSSR count). The van der Waals surface area contributed by atoms with Gasteiger partial charge in [0, 0.05) is 11.8 Å². The van der Waals surface area contributed by atoms with Gasteiger partial charge in [0.05, 0.1) is 12.2 Å². The number of unbranched alkanes of at least 4 members (excludes halogenated alkanes) is 1. The minimum Gasteiger partial charge on any atom is -0.508 e. The number of ether oxygens (including phenoxy) is 1. The summed E-state index contributed by atoms with van der Waals surface area (Å²) in [5, 5.41) is 21.6. The molecule has 0 saturated heterocycles. The first kappa shape index (κ1) is 21.3. The number of pyridine rings is 1. The van der Waals surface area contributed by atoms with Crippen LogP contribution in [-0.2, 0) is 19.6 Å². The predicted octanol–water partition coefficient (Wildman–Crippen LogP) is 3.50. The van der Waals surface area contributed by atoms with Gasteiger partial charge in [-0.05, 0) is 59.2 Å². The first-order valence-electron chi connectivity index (χ1n) is 10.6. The molecule has 0 saturated carbocycles. The van der Waals surface area contributed by atoms with Crippen molar-refractivity contribution in [3.8, 4) is 17.2 Å². The first-order valence-corrected chi connectivity index (χ1v) is 10.6. The number of rotatable bonds is 9. The maximum absolute atomic E-state index is 12.4. The minimum atomic E-state index is -0.204. The van der Waals surface area contributed by atoms with E-state index < -0.39 is 0 Å². The molecule has 1 N–H and O–H groups in total. The van der Waals surface area contributed by atoms with Crippen molar-refractivity contribution in [2.24, 2.45) is 0 Å². The quantitative estimate of drug-likeness (QED) is 0.436. The molecule has 2 aromatic heterocycles. The van der Waals surface area contributed by atoms with E-state index in [1.807, 2.05) is 54.6 Å². The zero-order chi connectivity index (χ0) is 22.3. The molecule has 2 heterocycles. The van der Waals surface area contributed by atoms with E-state index in [1.165, 1.54) is 6.07 Å². The van der Waals surface area contributed by atoms with Crippen molar-refractivity contribution >= 4 is 0 Å². The number of para-hydroxylation sites is 1. The number of benzene rings is 2. The van der Waals surface area contributed by atoms with Crippen molar-refractivity contribution in [2.45, 2.75) is 39.3 Å². The first-order chi connectivity index (χ1) is 15.6. The van der Waals surface area contributed by atoms with Crippen LogP contribution in [0.5, 0.6) is 11.5 Å². The summed E-state index contributed by atoms with van der Waals surface area (Å²) in [5.74, 6) is 1.29. The van der Waals surface area contributed by atoms with Crippen LogP contribution >= 0.6 is 0 Å². The number of aromatic nitrogens is 5. The van der Waals surface area contributed by atoms with Gasteiger partial charge in [-0.2, -0.15) is 4.68 Å². The van der Waals surface area contributed by atoms with E-state index in [9.17, 15) is 9.90 Å². The van der Waals surface area contributed by atoms with E-state index in [2.05, 4.69) is 22.4 Å². The van der Waals surface area contributed by atoms with Gasteiger partial charge in [0.1, 0.15) is 18.1 Å². The molecule has 0 fully saturated rings. The second kappa shape index (κ2) is 9.91. The largest absolute Gasteiger partial charge is 0.508 e. The average Bonchev–Trinajstić information content (AvgIpc) is 3.28. The van der Waals surface area contributed by atoms with Crippen LogP contribution < -0.4 is 10.3 Å². The molecule has 0 radical (unpaired) electrons. The van der Waals surface area contributed by atoms with Gasteiger partial charge in [0.2, 0.25) is 0 Å². The molecule has 0 bridgehead atoms. The number of aryl methyl sites for hydroxylation is 1. The topological polar surface area (TPSA) is 95.1 Å². The van der Waals surface area contributed by atoms with E-state index in [0.717, 1.165) is 36.2 Å². The lowest BCUT2D eigenvalue weighted by Gasteiger charge is -2.14. The predicted molar refractivity (Wildman–Crippen MR) is 120 cm³/mol. The number of tetrazole rings is 1. The summed E-state index contributed by atoms with van der Waals surface area (Å²) in [6.45, 7) is 2.76. The number of aromatic hydroxyl groups is 1. The molecule has 164 valence electrons. The monoisotopic (exact) mass is 431 g/mol. The summed E-state index contributed by atoms with van der Waals surface area (Å²) >= 11 is 0. The molecule has 4 aromatic rings. The summed E-state index contributed by atoms with van der Waals surface area (Å²) < 4.78 is 9.22. The maximum atomic E-state index is 12.4. The third-order valence-corrected chi connectivity index (χ3v) is 5.15. The second-order valence-corrected chi connectivity index (χ2v) is 7.51. The smallest absolute Gasteiger partial charge is 0.254 e. The van der Waals surface area contributed by atoms with Crippen LogP contribution in [0, 0.1) is 0 Å². The highest BCUT2D eigenvalue weighted by molar-refractivity contribution is 5.31. The fourth-order valence-corrected chi connectivity index (χ4v) is 3.47. The lowest BCUT2D eigenvalue weighted by atomic mass is 10.1. The Kier molecular flexibility index (Phi) is 6.60. The van der Waals surface area contributed by atoms with Crippen LogP contribution in [0.25, 0.3) is 5.69 Å². The molecule has 8 heteroatoms. The lowest BCUT2D eigenvalue weighted by Crippen LogP contribution is -2.23. The van der Waals surface area contributed by atoms with Crippen molar-refractivity contribution in [3.05, 3.63) is 94.2 Å². The zero-order valence-corrected chi connectivity index (χ0v) is 17.9. The van der Waals surface area contributed by atoms with Crippen LogP contribution in [-0.4, -0.2) is 29.9 Å². The molecule has 32 heavy (non-hydrogen) atoms. The van der Waals surface area contributed by atoms with Gasteiger partial charge < -0.3 is 14.4 Å². The van der Waals surface area contributed by atoms with Crippen LogP contribution in [0.1, 0.15) is 36.8 Å². The van der Waals surface area contributed by atoms with Crippen molar-refractivity contribution < 1.29 is 9.84 Å². The second-order valence-electron chi connectivity index (χ2n) is 7.51. The van der Waals surface area contributed by atoms with Gasteiger partial charge >= 0.3 is 0 Å². The Morgan fingerprint density at radius 3 is 2.56 bits per heavy atom. The van der Waals surface area contributed by atoms with Gasteiger partial charge in [-0.25, -0.2) is 0 Å². The van der Waals surface area contributed by atoms with Crippen molar-refractivity contribution in [3.63, 3.8) is 0 Å². The summed E-state index contributed by atoms with van der Waals surface area (Å²) in [7, 11) is 0. The van der Waals surface area contributed by atoms with E-state index in [0.29, 0.717) is 18.1 Å². The van der Waals surface area contributed by atoms with Gasteiger partial charge in [0.15, 0.2) is 5.82 Å². The Balaban J connectivity index is 1.44. The highest BCUT2D eigenvalue weighted by Gasteiger charge is 2.10. The normalized spacial score (nSPS) is 10.9. The van der Waals surface area contributed by atoms with E-state index >= 15 is 0 Å². The maximum Gasteiger partial charge on any atom is 0.254 e. The average molecular weight is 431 g/mol. The zero-order valence-electron chi connectivity index (χ0n) is 17.9. The summed E-state index contributed by atoms with van der Waals surface area (Å²) in [4.78, 5) is 12.4. The van der Waals surface area contributed by atoms with Gasteiger partial charge in [-0.15, -0.1) is 5.10 Å². The van der Waals surface area contributed by atoms with E-state index in [4.69, 9.17) is 4.74 Å². The van der Waals surface area contributed by atoms with Crippen LogP contribution in [0.3, 0.4) is 0 Å². The van der Waals surface area contributed by atoms with Crippen molar-refractivity contribution in [1.29, 1.82) is 0 Å². The Hall–Kier alpha value is -3.94. The third-order valence-electron chi connectivity index (χ3n) is 5.15. The molecular formula is C24H25N5O3. The fraction of sp³-hybridized carbons (Fsp3) is 0.250.